The quantitative estimate of drug-likeness (QED) is 0.747. The fourth-order valence-corrected chi connectivity index (χ4v) is 2.69. The van der Waals surface area contributed by atoms with Crippen LogP contribution >= 0.6 is 0 Å². The number of carbonyl (C=O) groups excluding carboxylic acids is 1. The van der Waals surface area contributed by atoms with Crippen LogP contribution in [-0.4, -0.2) is 42.3 Å². The molecule has 0 aromatic rings. The topological polar surface area (TPSA) is 52.6 Å². The molecule has 1 aliphatic heterocycles. The second-order valence-electron chi connectivity index (χ2n) is 5.74. The maximum absolute atomic E-state index is 12.1. The number of urea groups is 1. The van der Waals surface area contributed by atoms with E-state index in [1.807, 2.05) is 4.90 Å². The van der Waals surface area contributed by atoms with Crippen molar-refractivity contribution in [2.45, 2.75) is 52.4 Å². The number of nitrogens with one attached hydrogen (secondary N) is 1. The third-order valence-corrected chi connectivity index (χ3v) is 4.15. The van der Waals surface area contributed by atoms with Crippen molar-refractivity contribution < 1.29 is 9.90 Å². The summed E-state index contributed by atoms with van der Waals surface area (Å²) in [4.78, 5) is 13.9. The molecule has 4 nitrogen and oxygen atoms in total. The Morgan fingerprint density at radius 2 is 2.26 bits per heavy atom. The standard InChI is InChI=1S/C15H30N2O2/c1-3-5-7-13(4-2)10-16-15(19)17-9-6-8-14(11-17)12-18/h13-14,18H,3-12H2,1-2H3,(H,16,19). The maximum atomic E-state index is 12.1. The molecule has 2 unspecified atom stereocenters. The summed E-state index contributed by atoms with van der Waals surface area (Å²) < 4.78 is 0. The Balaban J connectivity index is 2.29. The second-order valence-corrected chi connectivity index (χ2v) is 5.74. The van der Waals surface area contributed by atoms with Gasteiger partial charge in [-0.05, 0) is 31.1 Å². The molecule has 1 aliphatic rings. The van der Waals surface area contributed by atoms with Crippen molar-refractivity contribution in [1.29, 1.82) is 0 Å². The van der Waals surface area contributed by atoms with Gasteiger partial charge in [0.05, 0.1) is 0 Å². The highest BCUT2D eigenvalue weighted by Gasteiger charge is 2.23. The summed E-state index contributed by atoms with van der Waals surface area (Å²) in [6.45, 7) is 6.90. The van der Waals surface area contributed by atoms with Crippen molar-refractivity contribution in [2.24, 2.45) is 11.8 Å². The zero-order valence-corrected chi connectivity index (χ0v) is 12.5. The van der Waals surface area contributed by atoms with Gasteiger partial charge in [0.1, 0.15) is 0 Å². The third-order valence-electron chi connectivity index (χ3n) is 4.15. The van der Waals surface area contributed by atoms with Crippen molar-refractivity contribution in [3.63, 3.8) is 0 Å². The summed E-state index contributed by atoms with van der Waals surface area (Å²) >= 11 is 0. The number of amides is 2. The molecule has 19 heavy (non-hydrogen) atoms. The van der Waals surface area contributed by atoms with Crippen LogP contribution < -0.4 is 5.32 Å². The molecule has 2 N–H and O–H groups in total. The lowest BCUT2D eigenvalue weighted by molar-refractivity contribution is 0.129. The Morgan fingerprint density at radius 3 is 2.89 bits per heavy atom. The molecule has 2 amide bonds. The van der Waals surface area contributed by atoms with E-state index in [1.54, 1.807) is 0 Å². The zero-order chi connectivity index (χ0) is 14.1. The fourth-order valence-electron chi connectivity index (χ4n) is 2.69. The molecule has 1 fully saturated rings. The van der Waals surface area contributed by atoms with Gasteiger partial charge in [-0.25, -0.2) is 4.79 Å². The number of carbonyl (C=O) groups is 1. The number of rotatable bonds is 7. The van der Waals surface area contributed by atoms with Crippen LogP contribution in [0.5, 0.6) is 0 Å². The lowest BCUT2D eigenvalue weighted by Crippen LogP contribution is -2.47. The number of hydrogen-bond acceptors (Lipinski definition) is 2. The summed E-state index contributed by atoms with van der Waals surface area (Å²) in [7, 11) is 0. The Kier molecular flexibility index (Phi) is 7.87. The number of aliphatic hydroxyl groups is 1. The molecule has 0 radical (unpaired) electrons. The summed E-state index contributed by atoms with van der Waals surface area (Å²) in [6.07, 6.45) is 6.82. The van der Waals surface area contributed by atoms with Crippen molar-refractivity contribution in [2.75, 3.05) is 26.2 Å². The highest BCUT2D eigenvalue weighted by molar-refractivity contribution is 5.74. The van der Waals surface area contributed by atoms with Crippen LogP contribution in [0, 0.1) is 11.8 Å². The van der Waals surface area contributed by atoms with E-state index in [2.05, 4.69) is 19.2 Å². The minimum atomic E-state index is 0.0492. The molecule has 1 saturated heterocycles. The second kappa shape index (κ2) is 9.18. The predicted octanol–water partition coefficient (Wildman–Crippen LogP) is 2.62. The molecule has 112 valence electrons. The SMILES string of the molecule is CCCCC(CC)CNC(=O)N1CCCC(CO)C1. The van der Waals surface area contributed by atoms with E-state index in [9.17, 15) is 9.90 Å². The molecule has 0 aromatic heterocycles. The van der Waals surface area contributed by atoms with Gasteiger partial charge in [0.25, 0.3) is 0 Å². The first-order valence-corrected chi connectivity index (χ1v) is 7.84. The minimum Gasteiger partial charge on any atom is -0.396 e. The molecule has 1 rings (SSSR count). The van der Waals surface area contributed by atoms with Crippen LogP contribution in [0.4, 0.5) is 4.79 Å². The molecular weight excluding hydrogens is 240 g/mol. The van der Waals surface area contributed by atoms with E-state index in [0.29, 0.717) is 12.5 Å². The minimum absolute atomic E-state index is 0.0492. The number of likely N-dealkylation sites (tertiary alicyclic amines) is 1. The number of aliphatic hydroxyl groups excluding tert-OH is 1. The van der Waals surface area contributed by atoms with Crippen LogP contribution in [0.15, 0.2) is 0 Å². The first-order valence-electron chi connectivity index (χ1n) is 7.84. The van der Waals surface area contributed by atoms with E-state index in [4.69, 9.17) is 0 Å². The molecular formula is C15H30N2O2. The van der Waals surface area contributed by atoms with Gasteiger partial charge in [-0.1, -0.05) is 33.1 Å². The Labute approximate surface area is 117 Å². The average molecular weight is 270 g/mol. The van der Waals surface area contributed by atoms with Gasteiger partial charge in [0, 0.05) is 26.2 Å². The normalized spacial score (nSPS) is 21.2. The van der Waals surface area contributed by atoms with Gasteiger partial charge in [0.15, 0.2) is 0 Å². The van der Waals surface area contributed by atoms with Gasteiger partial charge in [-0.3, -0.25) is 0 Å². The Bertz CT molecular complexity index is 259. The van der Waals surface area contributed by atoms with Crippen molar-refractivity contribution in [3.05, 3.63) is 0 Å². The fraction of sp³-hybridized carbons (Fsp3) is 0.933. The summed E-state index contributed by atoms with van der Waals surface area (Å²) in [6, 6.07) is 0.0492. The summed E-state index contributed by atoms with van der Waals surface area (Å²) in [5.41, 5.74) is 0. The zero-order valence-electron chi connectivity index (χ0n) is 12.5. The van der Waals surface area contributed by atoms with Crippen molar-refractivity contribution in [3.8, 4) is 0 Å². The van der Waals surface area contributed by atoms with Crippen LogP contribution in [0.25, 0.3) is 0 Å². The third kappa shape index (κ3) is 5.81. The molecule has 2 atom stereocenters. The smallest absolute Gasteiger partial charge is 0.317 e. The van der Waals surface area contributed by atoms with Crippen LogP contribution in [0.3, 0.4) is 0 Å². The number of nitrogens with zero attached hydrogens (tertiary/aromatic N) is 1. The summed E-state index contributed by atoms with van der Waals surface area (Å²) in [5, 5.41) is 12.2. The van der Waals surface area contributed by atoms with Gasteiger partial charge in [0.2, 0.25) is 0 Å². The Hall–Kier alpha value is -0.770. The number of unbranched alkanes of at least 4 members (excludes halogenated alkanes) is 1. The maximum Gasteiger partial charge on any atom is 0.317 e. The van der Waals surface area contributed by atoms with E-state index in [-0.39, 0.29) is 18.6 Å². The molecule has 0 bridgehead atoms. The number of hydrogen-bond donors (Lipinski definition) is 2. The van der Waals surface area contributed by atoms with Gasteiger partial charge >= 0.3 is 6.03 Å². The molecule has 0 spiro atoms. The van der Waals surface area contributed by atoms with Crippen LogP contribution in [0.2, 0.25) is 0 Å². The predicted molar refractivity (Wildman–Crippen MR) is 78.1 cm³/mol. The Morgan fingerprint density at radius 1 is 1.47 bits per heavy atom. The largest absolute Gasteiger partial charge is 0.396 e. The lowest BCUT2D eigenvalue weighted by atomic mass is 9.99. The highest BCUT2D eigenvalue weighted by atomic mass is 16.3. The van der Waals surface area contributed by atoms with Gasteiger partial charge in [-0.2, -0.15) is 0 Å². The van der Waals surface area contributed by atoms with Crippen LogP contribution in [-0.2, 0) is 0 Å². The monoisotopic (exact) mass is 270 g/mol. The highest BCUT2D eigenvalue weighted by Crippen LogP contribution is 2.16. The van der Waals surface area contributed by atoms with E-state index in [0.717, 1.165) is 32.4 Å². The van der Waals surface area contributed by atoms with Crippen molar-refractivity contribution >= 4 is 6.03 Å². The van der Waals surface area contributed by atoms with E-state index < -0.39 is 0 Å². The van der Waals surface area contributed by atoms with E-state index >= 15 is 0 Å². The van der Waals surface area contributed by atoms with Gasteiger partial charge in [-0.15, -0.1) is 0 Å². The summed E-state index contributed by atoms with van der Waals surface area (Å²) in [5.74, 6) is 0.865. The average Bonchev–Trinajstić information content (AvgIpc) is 2.47. The van der Waals surface area contributed by atoms with E-state index in [1.165, 1.54) is 19.3 Å². The molecule has 0 aliphatic carbocycles. The van der Waals surface area contributed by atoms with Crippen LogP contribution in [0.1, 0.15) is 52.4 Å². The first-order chi connectivity index (χ1) is 9.21. The van der Waals surface area contributed by atoms with Gasteiger partial charge < -0.3 is 15.3 Å². The molecule has 1 heterocycles. The van der Waals surface area contributed by atoms with Crippen molar-refractivity contribution in [1.82, 2.24) is 10.2 Å². The molecule has 0 aromatic carbocycles. The first kappa shape index (κ1) is 16.3. The molecule has 4 heteroatoms. The molecule has 0 saturated carbocycles. The number of piperidine rings is 1. The lowest BCUT2D eigenvalue weighted by Gasteiger charge is -2.32.